The molecule has 1 aromatic heterocycles. The monoisotopic (exact) mass is 670 g/mol. The molecule has 3 aliphatic carbocycles. The van der Waals surface area contributed by atoms with E-state index < -0.39 is 29.2 Å². The highest BCUT2D eigenvalue weighted by Gasteiger charge is 2.58. The molecule has 5 fully saturated rings. The predicted octanol–water partition coefficient (Wildman–Crippen LogP) is 4.30. The molecule has 4 heterocycles. The number of rotatable bonds is 8. The molecule has 0 radical (unpaired) electrons. The SMILES string of the molecule is CCOC(=O)C1=C(CN2CCN3C(=O)N(C4CC5CCC4(C(=O)O)CC5)C[C@@H]3C2)NC(c2nccs2)=N[C@H]1c1ccc(F)cc1Cl. The Morgan fingerprint density at radius 3 is 2.72 bits per heavy atom. The van der Waals surface area contributed by atoms with Crippen LogP contribution in [0.1, 0.15) is 55.6 Å². The second-order valence-corrected chi connectivity index (χ2v) is 14.1. The Morgan fingerprint density at radius 2 is 2.02 bits per heavy atom. The van der Waals surface area contributed by atoms with Gasteiger partial charge in [-0.15, -0.1) is 11.3 Å². The van der Waals surface area contributed by atoms with Crippen molar-refractivity contribution in [2.24, 2.45) is 16.3 Å². The maximum absolute atomic E-state index is 14.1. The van der Waals surface area contributed by atoms with Crippen LogP contribution < -0.4 is 5.32 Å². The minimum atomic E-state index is -0.869. The average Bonchev–Trinajstić information content (AvgIpc) is 3.70. The van der Waals surface area contributed by atoms with Gasteiger partial charge in [-0.2, -0.15) is 0 Å². The molecule has 8 rings (SSSR count). The first-order chi connectivity index (χ1) is 22.2. The number of urea groups is 1. The number of aromatic nitrogens is 1. The number of hydrogen-bond donors (Lipinski definition) is 2. The number of esters is 1. The topological polar surface area (TPSA) is 128 Å². The molecule has 244 valence electrons. The molecule has 2 N–H and O–H groups in total. The van der Waals surface area contributed by atoms with E-state index in [-0.39, 0.29) is 35.3 Å². The summed E-state index contributed by atoms with van der Waals surface area (Å²) in [6, 6.07) is 2.69. The number of piperazine rings is 1. The van der Waals surface area contributed by atoms with Crippen LogP contribution in [-0.4, -0.2) is 100 Å². The minimum Gasteiger partial charge on any atom is -0.481 e. The van der Waals surface area contributed by atoms with Gasteiger partial charge in [0.1, 0.15) is 11.9 Å². The number of amidine groups is 1. The van der Waals surface area contributed by atoms with Crippen molar-refractivity contribution in [3.8, 4) is 0 Å². The van der Waals surface area contributed by atoms with Crippen LogP contribution in [0.25, 0.3) is 0 Å². The fourth-order valence-corrected chi connectivity index (χ4v) is 8.94. The van der Waals surface area contributed by atoms with Crippen molar-refractivity contribution >= 4 is 46.7 Å². The summed E-state index contributed by atoms with van der Waals surface area (Å²) in [7, 11) is 0. The summed E-state index contributed by atoms with van der Waals surface area (Å²) in [6.07, 6.45) is 5.48. The number of nitrogens with zero attached hydrogens (tertiary/aromatic N) is 5. The molecular formula is C32H36ClFN6O5S. The van der Waals surface area contributed by atoms with Crippen molar-refractivity contribution in [3.05, 3.63) is 62.5 Å². The summed E-state index contributed by atoms with van der Waals surface area (Å²) in [5.74, 6) is -0.901. The molecule has 2 bridgehead atoms. The van der Waals surface area contributed by atoms with E-state index >= 15 is 0 Å². The van der Waals surface area contributed by atoms with Gasteiger partial charge in [-0.3, -0.25) is 14.7 Å². The maximum atomic E-state index is 14.1. The number of hydrogen-bond acceptors (Lipinski definition) is 9. The van der Waals surface area contributed by atoms with Crippen LogP contribution in [0.3, 0.4) is 0 Å². The fourth-order valence-electron chi connectivity index (χ4n) is 8.08. The predicted molar refractivity (Wildman–Crippen MR) is 169 cm³/mol. The molecule has 1 unspecified atom stereocenters. The van der Waals surface area contributed by atoms with Crippen LogP contribution in [0.4, 0.5) is 9.18 Å². The standard InChI is InChI=1S/C32H36ClFN6O5S/c1-2-45-29(41)25-23(36-27(28-35-9-12-46-28)37-26(25)21-4-3-19(34)14-22(21)33)17-38-10-11-39-20(15-38)16-40(31(39)44)24-13-18-5-7-32(24,8-6-18)30(42)43/h3-4,9,12,14,18,20,24,26H,2,5-8,10-11,13,15-17H2,1H3,(H,36,37)(H,42,43)/t18?,20-,24?,26-,32?/m0/s1. The van der Waals surface area contributed by atoms with Gasteiger partial charge in [0.05, 0.1) is 23.6 Å². The van der Waals surface area contributed by atoms with E-state index in [1.807, 2.05) is 15.2 Å². The second-order valence-electron chi connectivity index (χ2n) is 12.8. The largest absolute Gasteiger partial charge is 0.481 e. The van der Waals surface area contributed by atoms with Gasteiger partial charge in [0.2, 0.25) is 0 Å². The smallest absolute Gasteiger partial charge is 0.338 e. The number of carbonyl (C=O) groups is 3. The van der Waals surface area contributed by atoms with E-state index in [1.165, 1.54) is 29.5 Å². The number of fused-ring (bicyclic) bond motifs is 4. The van der Waals surface area contributed by atoms with Crippen LogP contribution in [0, 0.1) is 17.2 Å². The normalized spacial score (nSPS) is 29.5. The number of carboxylic acids is 1. The molecular weight excluding hydrogens is 635 g/mol. The Labute approximate surface area is 275 Å². The zero-order valence-electron chi connectivity index (χ0n) is 25.5. The third-order valence-electron chi connectivity index (χ3n) is 10.4. The van der Waals surface area contributed by atoms with Crippen molar-refractivity contribution < 1.29 is 28.6 Å². The zero-order chi connectivity index (χ0) is 32.2. The van der Waals surface area contributed by atoms with E-state index in [4.69, 9.17) is 21.3 Å². The quantitative estimate of drug-likeness (QED) is 0.398. The van der Waals surface area contributed by atoms with E-state index in [1.54, 1.807) is 13.1 Å². The van der Waals surface area contributed by atoms with Gasteiger partial charge in [-0.25, -0.2) is 19.0 Å². The van der Waals surface area contributed by atoms with Crippen molar-refractivity contribution in [3.63, 3.8) is 0 Å². The Bertz CT molecular complexity index is 1610. The molecule has 14 heteroatoms. The van der Waals surface area contributed by atoms with Crippen LogP contribution in [0.15, 0.2) is 46.0 Å². The number of ether oxygens (including phenoxy) is 1. The van der Waals surface area contributed by atoms with E-state index in [2.05, 4.69) is 15.2 Å². The summed E-state index contributed by atoms with van der Waals surface area (Å²) in [4.78, 5) is 55.0. The highest BCUT2D eigenvalue weighted by Crippen LogP contribution is 2.53. The van der Waals surface area contributed by atoms with Crippen LogP contribution >= 0.6 is 22.9 Å². The molecule has 2 saturated heterocycles. The van der Waals surface area contributed by atoms with Crippen molar-refractivity contribution in [1.29, 1.82) is 0 Å². The van der Waals surface area contributed by atoms with Crippen molar-refractivity contribution in [1.82, 2.24) is 25.0 Å². The summed E-state index contributed by atoms with van der Waals surface area (Å²) >= 11 is 7.91. The van der Waals surface area contributed by atoms with E-state index in [9.17, 15) is 23.9 Å². The lowest BCUT2D eigenvalue weighted by Gasteiger charge is -2.52. The Morgan fingerprint density at radius 1 is 1.22 bits per heavy atom. The number of thiazole rings is 1. The van der Waals surface area contributed by atoms with E-state index in [0.717, 1.165) is 19.3 Å². The van der Waals surface area contributed by atoms with Crippen LogP contribution in [0.2, 0.25) is 5.02 Å². The number of carboxylic acid groups (broad SMARTS) is 1. The van der Waals surface area contributed by atoms with Gasteiger partial charge in [0, 0.05) is 66.6 Å². The van der Waals surface area contributed by atoms with Crippen LogP contribution in [0.5, 0.6) is 0 Å². The molecule has 46 heavy (non-hydrogen) atoms. The molecule has 3 saturated carbocycles. The first kappa shape index (κ1) is 31.1. The lowest BCUT2D eigenvalue weighted by Crippen LogP contribution is -2.59. The average molecular weight is 671 g/mol. The van der Waals surface area contributed by atoms with Gasteiger partial charge >= 0.3 is 18.0 Å². The van der Waals surface area contributed by atoms with Crippen LogP contribution in [-0.2, 0) is 14.3 Å². The maximum Gasteiger partial charge on any atom is 0.338 e. The van der Waals surface area contributed by atoms with Gasteiger partial charge in [-0.05, 0) is 57.1 Å². The summed E-state index contributed by atoms with van der Waals surface area (Å²) in [5, 5.41) is 16.2. The summed E-state index contributed by atoms with van der Waals surface area (Å²) < 4.78 is 19.5. The first-order valence-corrected chi connectivity index (χ1v) is 17.1. The summed E-state index contributed by atoms with van der Waals surface area (Å²) in [5.41, 5.74) is 0.457. The highest BCUT2D eigenvalue weighted by molar-refractivity contribution is 7.11. The molecule has 3 atom stereocenters. The lowest BCUT2D eigenvalue weighted by atomic mass is 9.57. The van der Waals surface area contributed by atoms with E-state index in [0.29, 0.717) is 73.6 Å². The molecule has 2 aromatic rings. The van der Waals surface area contributed by atoms with Crippen molar-refractivity contribution in [2.75, 3.05) is 39.3 Å². The molecule has 0 spiro atoms. The third-order valence-corrected chi connectivity index (χ3v) is 11.5. The number of halogens is 2. The van der Waals surface area contributed by atoms with Crippen molar-refractivity contribution in [2.45, 2.75) is 57.2 Å². The Kier molecular flexibility index (Phi) is 8.26. The van der Waals surface area contributed by atoms with Gasteiger partial charge in [0.15, 0.2) is 10.8 Å². The number of amides is 2. The molecule has 3 aliphatic heterocycles. The molecule has 2 amide bonds. The third kappa shape index (κ3) is 5.35. The lowest BCUT2D eigenvalue weighted by molar-refractivity contribution is -0.161. The summed E-state index contributed by atoms with van der Waals surface area (Å²) in [6.45, 7) is 4.27. The number of aliphatic imine (C=N–C) groups is 1. The highest BCUT2D eigenvalue weighted by atomic mass is 35.5. The van der Waals surface area contributed by atoms with Gasteiger partial charge in [-0.1, -0.05) is 17.7 Å². The molecule has 11 nitrogen and oxygen atoms in total. The number of benzene rings is 1. The first-order valence-electron chi connectivity index (χ1n) is 15.8. The zero-order valence-corrected chi connectivity index (χ0v) is 27.0. The minimum absolute atomic E-state index is 0.0748. The molecule has 6 aliphatic rings. The number of nitrogens with one attached hydrogen (secondary N) is 1. The van der Waals surface area contributed by atoms with Gasteiger partial charge < -0.3 is 25.0 Å². The molecule has 1 aromatic carbocycles. The van der Waals surface area contributed by atoms with Gasteiger partial charge in [0.25, 0.3) is 0 Å². The number of carbonyl (C=O) groups excluding carboxylic acids is 2. The second kappa shape index (κ2) is 12.2. The number of aliphatic carboxylic acids is 1. The Hall–Kier alpha value is -3.55. The Balaban J connectivity index is 1.17. The fraction of sp³-hybridized carbons (Fsp3) is 0.531.